The molecule has 1 saturated carbocycles. The van der Waals surface area contributed by atoms with Gasteiger partial charge in [0.15, 0.2) is 15.5 Å². The second-order valence-corrected chi connectivity index (χ2v) is 9.02. The van der Waals surface area contributed by atoms with E-state index in [1.165, 1.54) is 0 Å². The zero-order chi connectivity index (χ0) is 19.2. The lowest BCUT2D eigenvalue weighted by molar-refractivity contribution is 0.0515. The fourth-order valence-corrected chi connectivity index (χ4v) is 5.62. The standard InChI is InChI=1S/C19H22N2O5S/c1-2-26-19(23)17-15-11-27(24,25)16-6-4-3-5-14(16)18(15)21(20-17)12-7-9-13(22)10-8-12/h3-6,12-13,22H,2,7-11H2,1H3. The summed E-state index contributed by atoms with van der Waals surface area (Å²) in [5, 5.41) is 14.3. The number of aliphatic hydroxyl groups is 1. The van der Waals surface area contributed by atoms with Crippen molar-refractivity contribution in [1.29, 1.82) is 0 Å². The number of benzene rings is 1. The monoisotopic (exact) mass is 390 g/mol. The van der Waals surface area contributed by atoms with Crippen LogP contribution in [0.5, 0.6) is 0 Å². The summed E-state index contributed by atoms with van der Waals surface area (Å²) in [6.07, 6.45) is 2.46. The lowest BCUT2D eigenvalue weighted by Crippen LogP contribution is -2.23. The van der Waals surface area contributed by atoms with Crippen LogP contribution in [0, 0.1) is 0 Å². The first kappa shape index (κ1) is 18.2. The summed E-state index contributed by atoms with van der Waals surface area (Å²) in [5.41, 5.74) is 1.76. The van der Waals surface area contributed by atoms with Gasteiger partial charge in [0.2, 0.25) is 0 Å². The maximum absolute atomic E-state index is 12.8. The third kappa shape index (κ3) is 3.06. The van der Waals surface area contributed by atoms with Gasteiger partial charge in [-0.1, -0.05) is 18.2 Å². The Balaban J connectivity index is 1.92. The van der Waals surface area contributed by atoms with Crippen molar-refractivity contribution in [3.8, 4) is 11.3 Å². The number of rotatable bonds is 3. The van der Waals surface area contributed by atoms with Crippen molar-refractivity contribution in [2.75, 3.05) is 6.61 Å². The molecule has 4 rings (SSSR count). The molecular weight excluding hydrogens is 368 g/mol. The first-order chi connectivity index (χ1) is 12.9. The second kappa shape index (κ2) is 6.76. The molecule has 1 fully saturated rings. The number of sulfone groups is 1. The minimum Gasteiger partial charge on any atom is -0.461 e. The van der Waals surface area contributed by atoms with Crippen LogP contribution >= 0.6 is 0 Å². The summed E-state index contributed by atoms with van der Waals surface area (Å²) in [5.74, 6) is -0.860. The van der Waals surface area contributed by atoms with Crippen molar-refractivity contribution >= 4 is 15.8 Å². The molecule has 1 aliphatic heterocycles. The molecule has 2 aromatic rings. The summed E-state index contributed by atoms with van der Waals surface area (Å²) in [7, 11) is -3.55. The number of ether oxygens (including phenoxy) is 1. The van der Waals surface area contributed by atoms with E-state index in [0.717, 1.165) is 12.8 Å². The summed E-state index contributed by atoms with van der Waals surface area (Å²) < 4.78 is 32.5. The molecule has 1 aromatic heterocycles. The maximum atomic E-state index is 12.8. The number of aliphatic hydroxyl groups excluding tert-OH is 1. The number of hydrogen-bond acceptors (Lipinski definition) is 6. The van der Waals surface area contributed by atoms with Crippen molar-refractivity contribution in [3.05, 3.63) is 35.5 Å². The van der Waals surface area contributed by atoms with Gasteiger partial charge in [0.1, 0.15) is 0 Å². The Morgan fingerprint density at radius 3 is 2.67 bits per heavy atom. The van der Waals surface area contributed by atoms with Gasteiger partial charge >= 0.3 is 5.97 Å². The van der Waals surface area contributed by atoms with Crippen LogP contribution in [-0.2, 0) is 20.3 Å². The Bertz CT molecular complexity index is 988. The smallest absolute Gasteiger partial charge is 0.359 e. The van der Waals surface area contributed by atoms with E-state index in [2.05, 4.69) is 5.10 Å². The van der Waals surface area contributed by atoms with E-state index in [1.807, 2.05) is 0 Å². The van der Waals surface area contributed by atoms with Gasteiger partial charge in [0, 0.05) is 11.1 Å². The third-order valence-corrected chi connectivity index (χ3v) is 7.00. The first-order valence-electron chi connectivity index (χ1n) is 9.21. The minimum absolute atomic E-state index is 0.0131. The van der Waals surface area contributed by atoms with Crippen LogP contribution in [0.2, 0.25) is 0 Å². The quantitative estimate of drug-likeness (QED) is 0.809. The number of aromatic nitrogens is 2. The second-order valence-electron chi connectivity index (χ2n) is 7.06. The molecule has 1 N–H and O–H groups in total. The lowest BCUT2D eigenvalue weighted by atomic mass is 9.92. The van der Waals surface area contributed by atoms with E-state index in [4.69, 9.17) is 4.74 Å². The highest BCUT2D eigenvalue weighted by atomic mass is 32.2. The molecular formula is C19H22N2O5S. The average molecular weight is 390 g/mol. The normalized spacial score (nSPS) is 23.3. The van der Waals surface area contributed by atoms with E-state index >= 15 is 0 Å². The fraction of sp³-hybridized carbons (Fsp3) is 0.474. The number of carbonyl (C=O) groups excluding carboxylic acids is 1. The van der Waals surface area contributed by atoms with E-state index in [-0.39, 0.29) is 35.1 Å². The van der Waals surface area contributed by atoms with Gasteiger partial charge in [-0.2, -0.15) is 5.10 Å². The molecule has 2 aliphatic rings. The highest BCUT2D eigenvalue weighted by molar-refractivity contribution is 7.90. The van der Waals surface area contributed by atoms with Crippen molar-refractivity contribution in [3.63, 3.8) is 0 Å². The summed E-state index contributed by atoms with van der Waals surface area (Å²) in [6, 6.07) is 6.86. The Morgan fingerprint density at radius 2 is 1.96 bits per heavy atom. The van der Waals surface area contributed by atoms with Crippen LogP contribution in [0.15, 0.2) is 29.2 Å². The summed E-state index contributed by atoms with van der Waals surface area (Å²) >= 11 is 0. The molecule has 0 unspecified atom stereocenters. The van der Waals surface area contributed by atoms with E-state index in [1.54, 1.807) is 35.9 Å². The van der Waals surface area contributed by atoms with Crippen LogP contribution in [-0.4, -0.2) is 42.0 Å². The summed E-state index contributed by atoms with van der Waals surface area (Å²) in [4.78, 5) is 12.7. The Hall–Kier alpha value is -2.19. The SMILES string of the molecule is CCOC(=O)c1nn(C2CCC(O)CC2)c2c1CS(=O)(=O)c1ccccc1-2. The zero-order valence-electron chi connectivity index (χ0n) is 15.1. The van der Waals surface area contributed by atoms with Gasteiger partial charge in [0.25, 0.3) is 0 Å². The molecule has 0 atom stereocenters. The molecule has 0 bridgehead atoms. The van der Waals surface area contributed by atoms with Crippen LogP contribution in [0.3, 0.4) is 0 Å². The van der Waals surface area contributed by atoms with Gasteiger partial charge in [-0.3, -0.25) is 4.68 Å². The van der Waals surface area contributed by atoms with Gasteiger partial charge < -0.3 is 9.84 Å². The van der Waals surface area contributed by atoms with E-state index in [0.29, 0.717) is 29.7 Å². The number of carbonyl (C=O) groups is 1. The van der Waals surface area contributed by atoms with E-state index < -0.39 is 15.8 Å². The van der Waals surface area contributed by atoms with Crippen molar-refractivity contribution in [2.45, 2.75) is 55.4 Å². The first-order valence-corrected chi connectivity index (χ1v) is 10.9. The molecule has 27 heavy (non-hydrogen) atoms. The van der Waals surface area contributed by atoms with Gasteiger partial charge in [0.05, 0.1) is 35.1 Å². The van der Waals surface area contributed by atoms with Crippen LogP contribution in [0.25, 0.3) is 11.3 Å². The predicted octanol–water partition coefficient (Wildman–Crippen LogP) is 2.49. The Morgan fingerprint density at radius 1 is 1.26 bits per heavy atom. The lowest BCUT2D eigenvalue weighted by Gasteiger charge is -2.28. The fourth-order valence-electron chi connectivity index (χ4n) is 4.02. The highest BCUT2D eigenvalue weighted by Gasteiger charge is 2.37. The molecule has 1 aromatic carbocycles. The largest absolute Gasteiger partial charge is 0.461 e. The molecule has 0 amide bonds. The molecule has 0 spiro atoms. The van der Waals surface area contributed by atoms with Gasteiger partial charge in [-0.05, 0) is 38.7 Å². The van der Waals surface area contributed by atoms with E-state index in [9.17, 15) is 18.3 Å². The third-order valence-electron chi connectivity index (χ3n) is 5.30. The average Bonchev–Trinajstić information content (AvgIpc) is 3.01. The molecule has 8 heteroatoms. The molecule has 1 aliphatic carbocycles. The van der Waals surface area contributed by atoms with Crippen molar-refractivity contribution in [1.82, 2.24) is 9.78 Å². The minimum atomic E-state index is -3.55. The highest BCUT2D eigenvalue weighted by Crippen LogP contribution is 2.42. The molecule has 7 nitrogen and oxygen atoms in total. The predicted molar refractivity (Wildman–Crippen MR) is 98.0 cm³/mol. The van der Waals surface area contributed by atoms with Crippen molar-refractivity contribution < 1.29 is 23.1 Å². The zero-order valence-corrected chi connectivity index (χ0v) is 15.9. The molecule has 0 radical (unpaired) electrons. The molecule has 144 valence electrons. The van der Waals surface area contributed by atoms with Crippen LogP contribution in [0.1, 0.15) is 54.7 Å². The van der Waals surface area contributed by atoms with Crippen LogP contribution < -0.4 is 0 Å². The van der Waals surface area contributed by atoms with Gasteiger partial charge in [-0.25, -0.2) is 13.2 Å². The van der Waals surface area contributed by atoms with Gasteiger partial charge in [-0.15, -0.1) is 0 Å². The number of hydrogen-bond donors (Lipinski definition) is 1. The molecule has 2 heterocycles. The summed E-state index contributed by atoms with van der Waals surface area (Å²) in [6.45, 7) is 1.90. The van der Waals surface area contributed by atoms with Crippen molar-refractivity contribution in [2.24, 2.45) is 0 Å². The number of esters is 1. The Labute approximate surface area is 157 Å². The topological polar surface area (TPSA) is 98.5 Å². The van der Waals surface area contributed by atoms with Crippen LogP contribution in [0.4, 0.5) is 0 Å². The number of nitrogens with zero attached hydrogens (tertiary/aromatic N) is 2. The number of fused-ring (bicyclic) bond motifs is 3. The molecule has 0 saturated heterocycles. The Kier molecular flexibility index (Phi) is 4.55. The maximum Gasteiger partial charge on any atom is 0.359 e.